The average Bonchev–Trinajstić information content (AvgIpc) is 2.57. The van der Waals surface area contributed by atoms with Crippen LogP contribution in [0, 0.1) is 19.8 Å². The molecular formula is C19H28N4O3S. The minimum Gasteiger partial charge on any atom is -0.476 e. The normalized spacial score (nSPS) is 13.4. The summed E-state index contributed by atoms with van der Waals surface area (Å²) >= 11 is -2.27. The summed E-state index contributed by atoms with van der Waals surface area (Å²) in [6.07, 6.45) is 0.969. The SMILES string of the molecule is CN[C@@H](COc1cc(-c2c(C)cccc2C)nc(NS(=O)O)n1)CC(C)C. The smallest absolute Gasteiger partial charge is 0.261 e. The largest absolute Gasteiger partial charge is 0.476 e. The van der Waals surface area contributed by atoms with Gasteiger partial charge in [0.15, 0.2) is 0 Å². The zero-order chi connectivity index (χ0) is 20.0. The number of likely N-dealkylation sites (N-methyl/N-ethyl adjacent to an activating group) is 1. The maximum Gasteiger partial charge on any atom is 0.261 e. The lowest BCUT2D eigenvalue weighted by Crippen LogP contribution is -2.33. The van der Waals surface area contributed by atoms with Crippen LogP contribution in [0.2, 0.25) is 0 Å². The molecule has 2 aromatic rings. The van der Waals surface area contributed by atoms with Crippen molar-refractivity contribution in [1.29, 1.82) is 0 Å². The van der Waals surface area contributed by atoms with Crippen LogP contribution < -0.4 is 14.8 Å². The van der Waals surface area contributed by atoms with Gasteiger partial charge in [0.2, 0.25) is 11.8 Å². The molecular weight excluding hydrogens is 364 g/mol. The van der Waals surface area contributed by atoms with Crippen molar-refractivity contribution < 1.29 is 13.5 Å². The van der Waals surface area contributed by atoms with Crippen LogP contribution in [0.15, 0.2) is 24.3 Å². The van der Waals surface area contributed by atoms with Crippen LogP contribution in [0.1, 0.15) is 31.4 Å². The third-order valence-electron chi connectivity index (χ3n) is 4.22. The first kappa shape index (κ1) is 21.3. The van der Waals surface area contributed by atoms with Crippen molar-refractivity contribution in [2.45, 2.75) is 40.2 Å². The molecule has 3 N–H and O–H groups in total. The number of anilines is 1. The van der Waals surface area contributed by atoms with Gasteiger partial charge in [0.25, 0.3) is 11.3 Å². The molecule has 2 atom stereocenters. The number of hydrogen-bond donors (Lipinski definition) is 3. The lowest BCUT2D eigenvalue weighted by atomic mass is 10.00. The number of nitrogens with one attached hydrogen (secondary N) is 2. The Morgan fingerprint density at radius 1 is 1.22 bits per heavy atom. The summed E-state index contributed by atoms with van der Waals surface area (Å²) in [6, 6.07) is 7.94. The van der Waals surface area contributed by atoms with Crippen molar-refractivity contribution in [2.75, 3.05) is 18.4 Å². The van der Waals surface area contributed by atoms with Gasteiger partial charge in [-0.2, -0.15) is 4.98 Å². The predicted molar refractivity (Wildman–Crippen MR) is 109 cm³/mol. The molecule has 0 amide bonds. The molecule has 0 aliphatic heterocycles. The van der Waals surface area contributed by atoms with E-state index in [9.17, 15) is 4.21 Å². The van der Waals surface area contributed by atoms with Gasteiger partial charge in [-0.15, -0.1) is 0 Å². The molecule has 0 spiro atoms. The van der Waals surface area contributed by atoms with Crippen LogP contribution in [-0.2, 0) is 11.3 Å². The standard InChI is InChI=1S/C19H28N4O3S/c1-12(2)9-15(20-5)11-26-17-10-16(21-19(22-17)23-27(24)25)18-13(3)7-6-8-14(18)4/h6-8,10,12,15,20H,9,11H2,1-5H3,(H,24,25)(H,21,22,23)/t15-/m1/s1. The Hall–Kier alpha value is -2.03. The molecule has 1 unspecified atom stereocenters. The molecule has 1 aromatic heterocycles. The van der Waals surface area contributed by atoms with Crippen LogP contribution >= 0.6 is 0 Å². The summed E-state index contributed by atoms with van der Waals surface area (Å²) in [7, 11) is 1.90. The molecule has 2 rings (SSSR count). The summed E-state index contributed by atoms with van der Waals surface area (Å²) in [6.45, 7) is 8.77. The quantitative estimate of drug-likeness (QED) is 0.567. The van der Waals surface area contributed by atoms with Crippen molar-refractivity contribution in [3.05, 3.63) is 35.4 Å². The lowest BCUT2D eigenvalue weighted by molar-refractivity contribution is 0.243. The monoisotopic (exact) mass is 392 g/mol. The van der Waals surface area contributed by atoms with E-state index in [-0.39, 0.29) is 12.0 Å². The molecule has 1 heterocycles. The molecule has 148 valence electrons. The van der Waals surface area contributed by atoms with Gasteiger partial charge in [0, 0.05) is 17.7 Å². The summed E-state index contributed by atoms with van der Waals surface area (Å²) in [5, 5.41) is 3.24. The molecule has 7 nitrogen and oxygen atoms in total. The summed E-state index contributed by atoms with van der Waals surface area (Å²) in [5.41, 5.74) is 3.73. The van der Waals surface area contributed by atoms with Crippen LogP contribution in [0.3, 0.4) is 0 Å². The number of ether oxygens (including phenoxy) is 1. The molecule has 0 bridgehead atoms. The fourth-order valence-electron chi connectivity index (χ4n) is 2.99. The predicted octanol–water partition coefficient (Wildman–Crippen LogP) is 3.32. The number of hydrogen-bond acceptors (Lipinski definition) is 5. The molecule has 0 radical (unpaired) electrons. The Morgan fingerprint density at radius 2 is 1.89 bits per heavy atom. The zero-order valence-corrected chi connectivity index (χ0v) is 17.3. The van der Waals surface area contributed by atoms with E-state index < -0.39 is 11.3 Å². The minimum absolute atomic E-state index is 0.0517. The van der Waals surface area contributed by atoms with E-state index in [4.69, 9.17) is 9.29 Å². The number of nitrogens with zero attached hydrogens (tertiary/aromatic N) is 2. The maximum atomic E-state index is 11.2. The molecule has 0 saturated heterocycles. The van der Waals surface area contributed by atoms with Gasteiger partial charge in [-0.25, -0.2) is 13.9 Å². The Labute approximate surface area is 163 Å². The second-order valence-electron chi connectivity index (χ2n) is 6.96. The molecule has 0 fully saturated rings. The number of aryl methyl sites for hydroxylation is 2. The van der Waals surface area contributed by atoms with E-state index in [1.54, 1.807) is 6.07 Å². The minimum atomic E-state index is -2.27. The van der Waals surface area contributed by atoms with Gasteiger partial charge in [-0.05, 0) is 44.4 Å². The lowest BCUT2D eigenvalue weighted by Gasteiger charge is -2.19. The van der Waals surface area contributed by atoms with Crippen LogP contribution in [0.5, 0.6) is 5.88 Å². The van der Waals surface area contributed by atoms with Crippen molar-refractivity contribution in [2.24, 2.45) is 5.92 Å². The topological polar surface area (TPSA) is 96.4 Å². The number of benzene rings is 1. The van der Waals surface area contributed by atoms with Crippen molar-refractivity contribution in [3.8, 4) is 17.1 Å². The number of aromatic nitrogens is 2. The third kappa shape index (κ3) is 6.27. The maximum absolute atomic E-state index is 11.2. The second kappa shape index (κ2) is 9.77. The highest BCUT2D eigenvalue weighted by atomic mass is 32.2. The summed E-state index contributed by atoms with van der Waals surface area (Å²) < 4.78 is 28.5. The average molecular weight is 393 g/mol. The van der Waals surface area contributed by atoms with Gasteiger partial charge in [0.1, 0.15) is 6.61 Å². The van der Waals surface area contributed by atoms with E-state index in [0.717, 1.165) is 23.1 Å². The third-order valence-corrected chi connectivity index (χ3v) is 4.57. The van der Waals surface area contributed by atoms with E-state index in [1.807, 2.05) is 39.1 Å². The van der Waals surface area contributed by atoms with Crippen LogP contribution in [0.4, 0.5) is 5.95 Å². The van der Waals surface area contributed by atoms with Gasteiger partial charge < -0.3 is 10.1 Å². The first-order valence-corrected chi connectivity index (χ1v) is 10.0. The number of rotatable bonds is 9. The van der Waals surface area contributed by atoms with E-state index in [0.29, 0.717) is 24.1 Å². The van der Waals surface area contributed by atoms with E-state index >= 15 is 0 Å². The van der Waals surface area contributed by atoms with Crippen molar-refractivity contribution >= 4 is 17.2 Å². The molecule has 0 saturated carbocycles. The molecule has 1 aromatic carbocycles. The van der Waals surface area contributed by atoms with Crippen molar-refractivity contribution in [3.63, 3.8) is 0 Å². The Bertz CT molecular complexity index is 778. The first-order valence-electron chi connectivity index (χ1n) is 8.93. The Balaban J connectivity index is 2.35. The van der Waals surface area contributed by atoms with Crippen molar-refractivity contribution in [1.82, 2.24) is 15.3 Å². The highest BCUT2D eigenvalue weighted by Crippen LogP contribution is 2.28. The molecule has 8 heteroatoms. The first-order chi connectivity index (χ1) is 12.8. The van der Waals surface area contributed by atoms with Gasteiger partial charge >= 0.3 is 0 Å². The highest BCUT2D eigenvalue weighted by molar-refractivity contribution is 7.80. The summed E-state index contributed by atoms with van der Waals surface area (Å²) in [5.74, 6) is 0.950. The Kier molecular flexibility index (Phi) is 7.70. The highest BCUT2D eigenvalue weighted by Gasteiger charge is 2.15. The fourth-order valence-corrected chi connectivity index (χ4v) is 3.24. The second-order valence-corrected chi connectivity index (χ2v) is 7.66. The molecule has 0 aliphatic carbocycles. The van der Waals surface area contributed by atoms with Gasteiger partial charge in [-0.1, -0.05) is 32.0 Å². The zero-order valence-electron chi connectivity index (χ0n) is 16.4. The Morgan fingerprint density at radius 3 is 2.44 bits per heavy atom. The van der Waals surface area contributed by atoms with E-state index in [2.05, 4.69) is 33.9 Å². The molecule has 0 aliphatic rings. The van der Waals surface area contributed by atoms with Gasteiger partial charge in [0.05, 0.1) is 5.69 Å². The summed E-state index contributed by atoms with van der Waals surface area (Å²) in [4.78, 5) is 8.61. The van der Waals surface area contributed by atoms with Gasteiger partial charge in [-0.3, -0.25) is 4.55 Å². The molecule has 27 heavy (non-hydrogen) atoms. The van der Waals surface area contributed by atoms with E-state index in [1.165, 1.54) is 0 Å². The van der Waals surface area contributed by atoms with Crippen LogP contribution in [-0.4, -0.2) is 38.4 Å². The fraction of sp³-hybridized carbons (Fsp3) is 0.474. The van der Waals surface area contributed by atoms with Crippen LogP contribution in [0.25, 0.3) is 11.3 Å².